The molecule has 13 aromatic rings. The first-order valence-electron chi connectivity index (χ1n) is 23.5. The van der Waals surface area contributed by atoms with Gasteiger partial charge >= 0.3 is 5.78 Å². The Kier molecular flexibility index (Phi) is 7.22. The number of imidazole rings is 1. The van der Waals surface area contributed by atoms with E-state index in [4.69, 9.17) is 4.98 Å². The van der Waals surface area contributed by atoms with Crippen molar-refractivity contribution >= 4 is 73.4 Å². The molecule has 10 aromatic carbocycles. The highest BCUT2D eigenvalue weighted by atomic mass is 31.1. The highest BCUT2D eigenvalue weighted by Crippen LogP contribution is 2.63. The van der Waals surface area contributed by atoms with E-state index in [0.29, 0.717) is 0 Å². The van der Waals surface area contributed by atoms with Crippen molar-refractivity contribution < 1.29 is 4.40 Å². The van der Waals surface area contributed by atoms with Crippen molar-refractivity contribution in [2.75, 3.05) is 0 Å². The average molecular weight is 882 g/mol. The van der Waals surface area contributed by atoms with Crippen molar-refractivity contribution in [2.45, 2.75) is 5.41 Å². The number of rotatable bonds is 3. The fourth-order valence-electron chi connectivity index (χ4n) is 12.7. The summed E-state index contributed by atoms with van der Waals surface area (Å²) in [5, 5.41) is 7.58. The summed E-state index contributed by atoms with van der Waals surface area (Å²) < 4.78 is 7.46. The van der Waals surface area contributed by atoms with Gasteiger partial charge in [-0.25, -0.2) is 0 Å². The zero-order valence-corrected chi connectivity index (χ0v) is 37.6. The zero-order chi connectivity index (χ0) is 44.2. The van der Waals surface area contributed by atoms with Crippen molar-refractivity contribution in [2.24, 2.45) is 0 Å². The molecule has 68 heavy (non-hydrogen) atoms. The summed E-state index contributed by atoms with van der Waals surface area (Å²) in [5.74, 6) is 0.901. The van der Waals surface area contributed by atoms with Gasteiger partial charge in [0.2, 0.25) is 0 Å². The van der Waals surface area contributed by atoms with Crippen molar-refractivity contribution in [3.05, 3.63) is 253 Å². The first kappa shape index (κ1) is 36.7. The van der Waals surface area contributed by atoms with E-state index >= 15 is 0 Å². The van der Waals surface area contributed by atoms with Crippen molar-refractivity contribution in [3.8, 4) is 44.9 Å². The maximum absolute atomic E-state index is 5.98. The molecule has 3 aromatic heterocycles. The lowest BCUT2D eigenvalue weighted by Gasteiger charge is -2.30. The molecular weight excluding hydrogens is 844 g/mol. The minimum atomic E-state index is -0.951. The monoisotopic (exact) mass is 881 g/mol. The quantitative estimate of drug-likeness (QED) is 0.128. The van der Waals surface area contributed by atoms with Gasteiger partial charge in [-0.15, -0.1) is 0 Å². The van der Waals surface area contributed by atoms with Crippen LogP contribution in [0, 0.1) is 0 Å². The molecule has 2 aliphatic carbocycles. The molecule has 0 saturated carbocycles. The minimum Gasteiger partial charge on any atom is -0.306 e. The maximum Gasteiger partial charge on any atom is 0.410 e. The number of aromatic nitrogens is 4. The van der Waals surface area contributed by atoms with E-state index in [1.807, 2.05) is 0 Å². The van der Waals surface area contributed by atoms with E-state index in [9.17, 15) is 0 Å². The summed E-state index contributed by atoms with van der Waals surface area (Å²) in [5.41, 5.74) is 20.4. The number of benzene rings is 10. The Morgan fingerprint density at radius 1 is 0.412 bits per heavy atom. The van der Waals surface area contributed by atoms with Crippen LogP contribution in [0.15, 0.2) is 231 Å². The molecule has 1 spiro atoms. The Morgan fingerprint density at radius 2 is 1.01 bits per heavy atom. The molecule has 1 aliphatic heterocycles. The van der Waals surface area contributed by atoms with Gasteiger partial charge in [0.05, 0.1) is 21.8 Å². The summed E-state index contributed by atoms with van der Waals surface area (Å²) in [6, 6.07) is 85.9. The van der Waals surface area contributed by atoms with Crippen molar-refractivity contribution in [3.63, 3.8) is 0 Å². The Morgan fingerprint density at radius 3 is 1.76 bits per heavy atom. The molecule has 314 valence electrons. The second-order valence-electron chi connectivity index (χ2n) is 18.4. The molecule has 0 bridgehead atoms. The first-order valence-corrected chi connectivity index (χ1v) is 24.8. The molecule has 4 nitrogen and oxygen atoms in total. The largest absolute Gasteiger partial charge is 0.410 e. The number of para-hydroxylation sites is 4. The predicted octanol–water partition coefficient (Wildman–Crippen LogP) is 13.1. The lowest BCUT2D eigenvalue weighted by molar-refractivity contribution is -0.453. The zero-order valence-electron chi connectivity index (χ0n) is 36.7. The molecule has 4 heterocycles. The molecule has 1 unspecified atom stereocenters. The van der Waals surface area contributed by atoms with Crippen LogP contribution in [0.1, 0.15) is 22.3 Å². The molecule has 3 aliphatic rings. The highest BCUT2D eigenvalue weighted by Gasteiger charge is 2.51. The van der Waals surface area contributed by atoms with Gasteiger partial charge in [0.15, 0.2) is 11.2 Å². The van der Waals surface area contributed by atoms with E-state index < -0.39 is 13.3 Å². The van der Waals surface area contributed by atoms with Gasteiger partial charge in [0.1, 0.15) is 16.7 Å². The van der Waals surface area contributed by atoms with Gasteiger partial charge in [0, 0.05) is 32.6 Å². The topological polar surface area (TPSA) is 26.9 Å². The molecule has 0 N–H and O–H groups in total. The standard InChI is InChI=1S/C63H38N4P/c1-3-18-40(19-4-1)65-53-30-15-10-25-45(53)46-35-37-57-61(59(46)65)67-60-55(32-17-33-56(60)68(57)41-20-5-2-6-21-41)66-54-31-16-11-26-47(54)58(64-62(66)67)39-34-36-52-48(38-39)44-24-9-14-29-51(44)63(52)49-27-12-7-22-42(49)43-23-8-13-28-50(43)63/h1-38H/q+1. The molecule has 16 rings (SSSR count). The second-order valence-corrected chi connectivity index (χ2v) is 20.6. The molecule has 0 fully saturated rings. The molecule has 1 atom stereocenters. The third kappa shape index (κ3) is 4.49. The predicted molar refractivity (Wildman–Crippen MR) is 280 cm³/mol. The van der Waals surface area contributed by atoms with Crippen LogP contribution in [-0.2, 0) is 5.41 Å². The van der Waals surface area contributed by atoms with Crippen LogP contribution in [0.3, 0.4) is 0 Å². The van der Waals surface area contributed by atoms with E-state index in [-0.39, 0.29) is 0 Å². The Hall–Kier alpha value is -8.43. The fraction of sp³-hybridized carbons (Fsp3) is 0.0159. The third-order valence-corrected chi connectivity index (χ3v) is 17.8. The van der Waals surface area contributed by atoms with E-state index in [1.54, 1.807) is 0 Å². The molecule has 0 saturated heterocycles. The third-order valence-electron chi connectivity index (χ3n) is 15.3. The van der Waals surface area contributed by atoms with Crippen LogP contribution in [0.2, 0.25) is 0 Å². The van der Waals surface area contributed by atoms with Gasteiger partial charge < -0.3 is 4.57 Å². The number of hydrogen-bond donors (Lipinski definition) is 0. The van der Waals surface area contributed by atoms with Crippen molar-refractivity contribution in [1.82, 2.24) is 14.1 Å². The molecule has 5 heteroatoms. The smallest absolute Gasteiger partial charge is 0.306 e. The minimum absolute atomic E-state index is 0.407. The highest BCUT2D eigenvalue weighted by molar-refractivity contribution is 7.80. The van der Waals surface area contributed by atoms with Gasteiger partial charge in [-0.1, -0.05) is 187 Å². The van der Waals surface area contributed by atoms with Crippen LogP contribution in [0.5, 0.6) is 0 Å². The number of nitrogens with zero attached hydrogens (tertiary/aromatic N) is 4. The van der Waals surface area contributed by atoms with E-state index in [0.717, 1.165) is 39.1 Å². The lowest BCUT2D eigenvalue weighted by Crippen LogP contribution is -2.30. The fourth-order valence-corrected chi connectivity index (χ4v) is 15.3. The van der Waals surface area contributed by atoms with Crippen molar-refractivity contribution in [1.29, 1.82) is 0 Å². The Bertz CT molecular complexity index is 4290. The molecule has 0 radical (unpaired) electrons. The van der Waals surface area contributed by atoms with Crippen LogP contribution in [0.25, 0.3) is 94.4 Å². The summed E-state index contributed by atoms with van der Waals surface area (Å²) >= 11 is 0. The molecule has 0 amide bonds. The first-order chi connectivity index (χ1) is 33.8. The maximum atomic E-state index is 5.98. The molecular formula is C63H38N4P+. The van der Waals surface area contributed by atoms with Crippen LogP contribution in [0.4, 0.5) is 0 Å². The summed E-state index contributed by atoms with van der Waals surface area (Å²) in [4.78, 5) is 5.98. The average Bonchev–Trinajstić information content (AvgIpc) is 4.12. The van der Waals surface area contributed by atoms with E-state index in [1.165, 1.54) is 93.4 Å². The Labute approximate surface area is 393 Å². The van der Waals surface area contributed by atoms with Crippen LogP contribution < -0.4 is 20.3 Å². The van der Waals surface area contributed by atoms with Gasteiger partial charge in [-0.3, -0.25) is 0 Å². The van der Waals surface area contributed by atoms with Crippen LogP contribution >= 0.6 is 7.92 Å². The number of hydrogen-bond acceptors (Lipinski definition) is 1. The van der Waals surface area contributed by atoms with E-state index in [2.05, 4.69) is 244 Å². The van der Waals surface area contributed by atoms with Gasteiger partial charge in [0.25, 0.3) is 0 Å². The van der Waals surface area contributed by atoms with Gasteiger partial charge in [-0.2, -0.15) is 8.97 Å². The van der Waals surface area contributed by atoms with Crippen LogP contribution in [-0.4, -0.2) is 14.1 Å². The summed E-state index contributed by atoms with van der Waals surface area (Å²) in [6.45, 7) is 0. The second kappa shape index (κ2) is 13.4. The lowest BCUT2D eigenvalue weighted by atomic mass is 9.70. The number of fused-ring (bicyclic) bond motifs is 21. The van der Waals surface area contributed by atoms with Gasteiger partial charge in [-0.05, 0) is 106 Å². The summed E-state index contributed by atoms with van der Waals surface area (Å²) in [6.07, 6.45) is 0. The normalized spacial score (nSPS) is 14.7. The summed E-state index contributed by atoms with van der Waals surface area (Å²) in [7, 11) is -0.951. The Balaban J connectivity index is 1.04. The SMILES string of the molecule is c1ccc(-n2c3ccccc3c3ccc4c(c32)-n2c3c(cccc3[n+]3c5ccccc5c(-c5ccc6c(c5)-c5ccccc5C65c6ccccc6-c6ccccc65)nc23)P4c2ccccc2)cc1.